The van der Waals surface area contributed by atoms with Crippen LogP contribution in [0.4, 0.5) is 0 Å². The molecule has 122 valence electrons. The quantitative estimate of drug-likeness (QED) is 0.656. The number of rotatable bonds is 2. The van der Waals surface area contributed by atoms with E-state index < -0.39 is 0 Å². The van der Waals surface area contributed by atoms with Gasteiger partial charge in [0.05, 0.1) is 13.0 Å². The van der Waals surface area contributed by atoms with Gasteiger partial charge in [0, 0.05) is 5.92 Å². The molecule has 0 saturated heterocycles. The van der Waals surface area contributed by atoms with Crippen LogP contribution in [0.3, 0.4) is 0 Å². The lowest BCUT2D eigenvalue weighted by Gasteiger charge is -2.20. The van der Waals surface area contributed by atoms with Crippen molar-refractivity contribution in [1.82, 2.24) is 0 Å². The highest BCUT2D eigenvalue weighted by molar-refractivity contribution is 6.03. The zero-order chi connectivity index (χ0) is 17.0. The fourth-order valence-corrected chi connectivity index (χ4v) is 4.27. The first-order valence-corrected chi connectivity index (χ1v) is 8.66. The molecular formula is C23H18O2. The molecule has 0 aromatic heterocycles. The Kier molecular flexibility index (Phi) is 3.08. The molecule has 2 atom stereocenters. The fourth-order valence-electron chi connectivity index (χ4n) is 4.27. The number of hydrogen-bond donors (Lipinski definition) is 0. The normalized spacial score (nSPS) is 21.2. The third-order valence-corrected chi connectivity index (χ3v) is 5.57. The lowest BCUT2D eigenvalue weighted by molar-refractivity contribution is -0.120. The van der Waals surface area contributed by atoms with Gasteiger partial charge in [-0.25, -0.2) is 0 Å². The van der Waals surface area contributed by atoms with E-state index in [1.165, 1.54) is 33.0 Å². The molecule has 0 amide bonds. The predicted octanol–water partition coefficient (Wildman–Crippen LogP) is 5.09. The number of methoxy groups -OCH3 is 1. The monoisotopic (exact) mass is 326 g/mol. The van der Waals surface area contributed by atoms with Crippen LogP contribution in [-0.2, 0) is 4.79 Å². The SMILES string of the molecule is COc1ccc2cc(C3=C[C@@H]4C(=O)[C@H](C3)c3ccccc34)ccc2c1. The van der Waals surface area contributed by atoms with Crippen molar-refractivity contribution in [2.24, 2.45) is 0 Å². The minimum atomic E-state index is -0.0727. The Morgan fingerprint density at radius 2 is 1.68 bits per heavy atom. The Morgan fingerprint density at radius 3 is 2.52 bits per heavy atom. The van der Waals surface area contributed by atoms with Gasteiger partial charge in [-0.1, -0.05) is 48.5 Å². The molecule has 2 aliphatic carbocycles. The summed E-state index contributed by atoms with van der Waals surface area (Å²) < 4.78 is 5.30. The largest absolute Gasteiger partial charge is 0.497 e. The first-order chi connectivity index (χ1) is 12.2. The second kappa shape index (κ2) is 5.32. The second-order valence-corrected chi connectivity index (χ2v) is 6.89. The lowest BCUT2D eigenvalue weighted by atomic mass is 9.83. The van der Waals surface area contributed by atoms with Gasteiger partial charge < -0.3 is 4.74 Å². The first-order valence-electron chi connectivity index (χ1n) is 8.66. The number of ketones is 1. The molecule has 5 rings (SSSR count). The van der Waals surface area contributed by atoms with Crippen LogP contribution in [0, 0.1) is 0 Å². The first kappa shape index (κ1) is 14.5. The van der Waals surface area contributed by atoms with E-state index in [0.717, 1.165) is 12.2 Å². The van der Waals surface area contributed by atoms with Gasteiger partial charge in [-0.05, 0) is 57.7 Å². The van der Waals surface area contributed by atoms with Crippen molar-refractivity contribution >= 4 is 22.1 Å². The molecule has 0 fully saturated rings. The van der Waals surface area contributed by atoms with Crippen LogP contribution >= 0.6 is 0 Å². The molecule has 0 radical (unpaired) electrons. The molecule has 0 heterocycles. The van der Waals surface area contributed by atoms with E-state index >= 15 is 0 Å². The molecular weight excluding hydrogens is 308 g/mol. The van der Waals surface area contributed by atoms with Crippen molar-refractivity contribution in [2.75, 3.05) is 7.11 Å². The van der Waals surface area contributed by atoms with E-state index in [9.17, 15) is 4.79 Å². The summed E-state index contributed by atoms with van der Waals surface area (Å²) in [6.45, 7) is 0. The number of carbonyl (C=O) groups excluding carboxylic acids is 1. The summed E-state index contributed by atoms with van der Waals surface area (Å²) in [4.78, 5) is 12.6. The van der Waals surface area contributed by atoms with Gasteiger partial charge in [0.25, 0.3) is 0 Å². The second-order valence-electron chi connectivity index (χ2n) is 6.89. The summed E-state index contributed by atoms with van der Waals surface area (Å²) in [5.41, 5.74) is 4.91. The molecule has 0 aliphatic heterocycles. The molecule has 2 bridgehead atoms. The van der Waals surface area contributed by atoms with E-state index in [0.29, 0.717) is 5.78 Å². The molecule has 3 aromatic carbocycles. The number of ether oxygens (including phenoxy) is 1. The maximum Gasteiger partial charge on any atom is 0.151 e. The molecule has 2 aliphatic rings. The molecule has 25 heavy (non-hydrogen) atoms. The highest BCUT2D eigenvalue weighted by atomic mass is 16.5. The fraction of sp³-hybridized carbons (Fsp3) is 0.174. The maximum absolute atomic E-state index is 12.6. The van der Waals surface area contributed by atoms with Crippen LogP contribution in [0.2, 0.25) is 0 Å². The highest BCUT2D eigenvalue weighted by Gasteiger charge is 2.41. The van der Waals surface area contributed by atoms with Gasteiger partial charge in [-0.2, -0.15) is 0 Å². The van der Waals surface area contributed by atoms with Gasteiger partial charge >= 0.3 is 0 Å². The third kappa shape index (κ3) is 2.14. The predicted molar refractivity (Wildman–Crippen MR) is 100 cm³/mol. The van der Waals surface area contributed by atoms with Gasteiger partial charge in [0.1, 0.15) is 5.75 Å². The molecule has 3 aromatic rings. The van der Waals surface area contributed by atoms with Crippen molar-refractivity contribution in [3.8, 4) is 5.75 Å². The molecule has 0 spiro atoms. The number of hydrogen-bond acceptors (Lipinski definition) is 2. The van der Waals surface area contributed by atoms with Crippen LogP contribution < -0.4 is 4.74 Å². The summed E-state index contributed by atoms with van der Waals surface area (Å²) in [6.07, 6.45) is 2.98. The maximum atomic E-state index is 12.6. The molecule has 2 nitrogen and oxygen atoms in total. The summed E-state index contributed by atoms with van der Waals surface area (Å²) in [7, 11) is 1.69. The Labute approximate surface area is 146 Å². The molecule has 0 N–H and O–H groups in total. The van der Waals surface area contributed by atoms with Crippen molar-refractivity contribution in [1.29, 1.82) is 0 Å². The van der Waals surface area contributed by atoms with E-state index in [1.54, 1.807) is 7.11 Å². The Hall–Kier alpha value is -2.87. The standard InChI is InChI=1S/C23H18O2/c1-25-18-9-8-14-10-15(6-7-16(14)11-18)17-12-21-19-4-2-3-5-20(19)22(13-17)23(21)24/h2-12,21-22H,13H2,1H3/t21-,22+/m0/s1. The van der Waals surface area contributed by atoms with Crippen molar-refractivity contribution in [3.63, 3.8) is 0 Å². The summed E-state index contributed by atoms with van der Waals surface area (Å²) in [6, 6.07) is 20.9. The van der Waals surface area contributed by atoms with E-state index in [2.05, 4.69) is 48.5 Å². The third-order valence-electron chi connectivity index (χ3n) is 5.57. The number of carbonyl (C=O) groups is 1. The van der Waals surface area contributed by atoms with Gasteiger partial charge in [0.2, 0.25) is 0 Å². The Morgan fingerprint density at radius 1 is 0.920 bits per heavy atom. The van der Waals surface area contributed by atoms with Crippen LogP contribution in [-0.4, -0.2) is 12.9 Å². The number of fused-ring (bicyclic) bond motifs is 6. The molecule has 0 unspecified atom stereocenters. The van der Waals surface area contributed by atoms with Crippen molar-refractivity contribution < 1.29 is 9.53 Å². The zero-order valence-corrected chi connectivity index (χ0v) is 14.0. The Bertz CT molecular complexity index is 1040. The van der Waals surface area contributed by atoms with Gasteiger partial charge in [0.15, 0.2) is 5.78 Å². The number of benzene rings is 3. The zero-order valence-electron chi connectivity index (χ0n) is 14.0. The van der Waals surface area contributed by atoms with E-state index in [4.69, 9.17) is 4.74 Å². The van der Waals surface area contributed by atoms with Gasteiger partial charge in [-0.15, -0.1) is 0 Å². The average Bonchev–Trinajstić information content (AvgIpc) is 2.82. The van der Waals surface area contributed by atoms with Gasteiger partial charge in [-0.3, -0.25) is 4.79 Å². The van der Waals surface area contributed by atoms with Crippen molar-refractivity contribution in [2.45, 2.75) is 18.3 Å². The average molecular weight is 326 g/mol. The number of allylic oxidation sites excluding steroid dienone is 2. The van der Waals surface area contributed by atoms with Crippen LogP contribution in [0.15, 0.2) is 66.7 Å². The van der Waals surface area contributed by atoms with E-state index in [1.807, 2.05) is 18.2 Å². The topological polar surface area (TPSA) is 26.3 Å². The highest BCUT2D eigenvalue weighted by Crippen LogP contribution is 2.49. The van der Waals surface area contributed by atoms with Crippen LogP contribution in [0.25, 0.3) is 16.3 Å². The molecule has 2 heteroatoms. The summed E-state index contributed by atoms with van der Waals surface area (Å²) in [5, 5.41) is 2.36. The summed E-state index contributed by atoms with van der Waals surface area (Å²) >= 11 is 0. The van der Waals surface area contributed by atoms with Crippen molar-refractivity contribution in [3.05, 3.63) is 83.4 Å². The Balaban J connectivity index is 1.58. The summed E-state index contributed by atoms with van der Waals surface area (Å²) in [5.74, 6) is 1.18. The smallest absolute Gasteiger partial charge is 0.151 e. The lowest BCUT2D eigenvalue weighted by Crippen LogP contribution is -2.15. The minimum absolute atomic E-state index is 0.0211. The van der Waals surface area contributed by atoms with Crippen LogP contribution in [0.1, 0.15) is 34.9 Å². The number of Topliss-reactive ketones (excluding diaryl/α,β-unsaturated/α-hetero) is 1. The van der Waals surface area contributed by atoms with E-state index in [-0.39, 0.29) is 11.8 Å². The van der Waals surface area contributed by atoms with Crippen LogP contribution in [0.5, 0.6) is 5.75 Å². The minimum Gasteiger partial charge on any atom is -0.497 e. The molecule has 0 saturated carbocycles.